The van der Waals surface area contributed by atoms with Crippen LogP contribution in [0.15, 0.2) is 23.8 Å². The van der Waals surface area contributed by atoms with Crippen LogP contribution in [0.1, 0.15) is 59.3 Å². The van der Waals surface area contributed by atoms with Crippen LogP contribution in [0, 0.1) is 34.5 Å². The zero-order chi connectivity index (χ0) is 17.8. The first-order valence-corrected chi connectivity index (χ1v) is 9.91. The molecule has 2 unspecified atom stereocenters. The minimum Gasteiger partial charge on any atom is -0.461 e. The van der Waals surface area contributed by atoms with Gasteiger partial charge in [-0.3, -0.25) is 4.79 Å². The molecule has 4 aliphatic rings. The molecular formula is C22H30O3. The van der Waals surface area contributed by atoms with Crippen molar-refractivity contribution in [2.45, 2.75) is 65.4 Å². The van der Waals surface area contributed by atoms with Crippen molar-refractivity contribution in [1.82, 2.24) is 0 Å². The monoisotopic (exact) mass is 342 g/mol. The highest BCUT2D eigenvalue weighted by atomic mass is 16.5. The Bertz CT molecular complexity index is 648. The van der Waals surface area contributed by atoms with Crippen molar-refractivity contribution in [2.24, 2.45) is 34.5 Å². The number of esters is 1. The second kappa shape index (κ2) is 5.82. The van der Waals surface area contributed by atoms with Crippen molar-refractivity contribution in [2.75, 3.05) is 0 Å². The van der Waals surface area contributed by atoms with Gasteiger partial charge in [-0.15, -0.1) is 0 Å². The first kappa shape index (κ1) is 17.1. The smallest absolute Gasteiger partial charge is 0.302 e. The van der Waals surface area contributed by atoms with Gasteiger partial charge in [-0.05, 0) is 60.8 Å². The molecular weight excluding hydrogens is 312 g/mol. The minimum absolute atomic E-state index is 0.0540. The molecule has 0 saturated heterocycles. The Hall–Kier alpha value is -1.38. The highest BCUT2D eigenvalue weighted by molar-refractivity contribution is 5.66. The summed E-state index contributed by atoms with van der Waals surface area (Å²) < 4.78 is 5.80. The highest BCUT2D eigenvalue weighted by Crippen LogP contribution is 2.65. The SMILES string of the molecule is CC(=O)OC1CC=CC2=CC[C@H]3[C@@H]4CCC(C=O)[C@@]4(C)CC[C@@H]3[C@]21C. The number of carbonyl (C=O) groups is 2. The fourth-order valence-corrected chi connectivity index (χ4v) is 6.93. The summed E-state index contributed by atoms with van der Waals surface area (Å²) in [6, 6.07) is 0. The lowest BCUT2D eigenvalue weighted by Gasteiger charge is -2.58. The normalized spacial score (nSPS) is 48.0. The van der Waals surface area contributed by atoms with Crippen LogP contribution in [0.5, 0.6) is 0 Å². The van der Waals surface area contributed by atoms with E-state index in [-0.39, 0.29) is 28.8 Å². The largest absolute Gasteiger partial charge is 0.461 e. The fraction of sp³-hybridized carbons (Fsp3) is 0.727. The average Bonchev–Trinajstić information content (AvgIpc) is 2.91. The minimum atomic E-state index is -0.175. The van der Waals surface area contributed by atoms with Gasteiger partial charge in [0.05, 0.1) is 0 Å². The Labute approximate surface area is 150 Å². The molecule has 0 spiro atoms. The molecule has 0 amide bonds. The average molecular weight is 342 g/mol. The van der Waals surface area contributed by atoms with Crippen LogP contribution in [0.2, 0.25) is 0 Å². The third kappa shape index (κ3) is 2.30. The van der Waals surface area contributed by atoms with E-state index < -0.39 is 0 Å². The maximum absolute atomic E-state index is 11.7. The molecule has 0 bridgehead atoms. The number of ether oxygens (including phenoxy) is 1. The first-order chi connectivity index (χ1) is 11.9. The van der Waals surface area contributed by atoms with E-state index >= 15 is 0 Å². The molecule has 0 aromatic heterocycles. The van der Waals surface area contributed by atoms with Crippen LogP contribution in [0.3, 0.4) is 0 Å². The van der Waals surface area contributed by atoms with E-state index in [0.717, 1.165) is 32.1 Å². The number of hydrogen-bond acceptors (Lipinski definition) is 3. The zero-order valence-electron chi connectivity index (χ0n) is 15.7. The molecule has 0 aromatic rings. The van der Waals surface area contributed by atoms with Crippen molar-refractivity contribution >= 4 is 12.3 Å². The Morgan fingerprint density at radius 3 is 2.72 bits per heavy atom. The summed E-state index contributed by atoms with van der Waals surface area (Å²) in [6.45, 7) is 6.20. The molecule has 25 heavy (non-hydrogen) atoms. The summed E-state index contributed by atoms with van der Waals surface area (Å²) in [5.74, 6) is 1.84. The predicted octanol–water partition coefficient (Wildman–Crippen LogP) is 4.47. The molecule has 7 atom stereocenters. The Balaban J connectivity index is 1.71. The summed E-state index contributed by atoms with van der Waals surface area (Å²) in [4.78, 5) is 23.3. The number of fused-ring (bicyclic) bond motifs is 5. The predicted molar refractivity (Wildman–Crippen MR) is 96.7 cm³/mol. The van der Waals surface area contributed by atoms with Crippen LogP contribution in [-0.2, 0) is 14.3 Å². The number of carbonyl (C=O) groups excluding carboxylic acids is 2. The summed E-state index contributed by atoms with van der Waals surface area (Å²) in [5, 5.41) is 0. The standard InChI is InChI=1S/C22H30O3/c1-14(24)25-20-6-4-5-15-7-9-17-18-10-8-16(13-23)21(18,2)12-11-19(17)22(15,20)3/h4-5,7,13,16-20H,6,8-12H2,1-3H3/t16?,17-,18-,19-,20?,21+,22-/m0/s1. The topological polar surface area (TPSA) is 43.4 Å². The summed E-state index contributed by atoms with van der Waals surface area (Å²) in [6.07, 6.45) is 14.4. The molecule has 4 aliphatic carbocycles. The van der Waals surface area contributed by atoms with Crippen molar-refractivity contribution in [3.8, 4) is 0 Å². The van der Waals surface area contributed by atoms with Gasteiger partial charge in [0.1, 0.15) is 12.4 Å². The molecule has 0 aliphatic heterocycles. The van der Waals surface area contributed by atoms with Gasteiger partial charge in [0, 0.05) is 24.7 Å². The summed E-state index contributed by atoms with van der Waals surface area (Å²) in [7, 11) is 0. The Morgan fingerprint density at radius 2 is 2.00 bits per heavy atom. The lowest BCUT2D eigenvalue weighted by atomic mass is 9.47. The van der Waals surface area contributed by atoms with E-state index in [1.54, 1.807) is 0 Å². The van der Waals surface area contributed by atoms with Gasteiger partial charge in [0.25, 0.3) is 0 Å². The summed E-state index contributed by atoms with van der Waals surface area (Å²) >= 11 is 0. The van der Waals surface area contributed by atoms with Crippen LogP contribution >= 0.6 is 0 Å². The molecule has 0 radical (unpaired) electrons. The van der Waals surface area contributed by atoms with Gasteiger partial charge >= 0.3 is 5.97 Å². The van der Waals surface area contributed by atoms with E-state index in [1.165, 1.54) is 25.2 Å². The molecule has 0 N–H and O–H groups in total. The summed E-state index contributed by atoms with van der Waals surface area (Å²) in [5.41, 5.74) is 1.45. The number of hydrogen-bond donors (Lipinski definition) is 0. The Morgan fingerprint density at radius 1 is 1.20 bits per heavy atom. The van der Waals surface area contributed by atoms with Gasteiger partial charge in [0.2, 0.25) is 0 Å². The molecule has 2 fully saturated rings. The van der Waals surface area contributed by atoms with E-state index in [4.69, 9.17) is 4.74 Å². The lowest BCUT2D eigenvalue weighted by Crippen LogP contribution is -2.54. The molecule has 0 heterocycles. The van der Waals surface area contributed by atoms with Crippen LogP contribution < -0.4 is 0 Å². The van der Waals surface area contributed by atoms with Crippen molar-refractivity contribution in [1.29, 1.82) is 0 Å². The fourth-order valence-electron chi connectivity index (χ4n) is 6.93. The second-order valence-corrected chi connectivity index (χ2v) is 9.16. The Kier molecular flexibility index (Phi) is 3.97. The maximum atomic E-state index is 11.7. The molecule has 136 valence electrons. The molecule has 4 rings (SSSR count). The van der Waals surface area contributed by atoms with Crippen molar-refractivity contribution < 1.29 is 14.3 Å². The van der Waals surface area contributed by atoms with Crippen LogP contribution in [0.25, 0.3) is 0 Å². The maximum Gasteiger partial charge on any atom is 0.302 e. The third-order valence-electron chi connectivity index (χ3n) is 8.30. The lowest BCUT2D eigenvalue weighted by molar-refractivity contribution is -0.159. The van der Waals surface area contributed by atoms with Gasteiger partial charge in [-0.1, -0.05) is 32.1 Å². The highest BCUT2D eigenvalue weighted by Gasteiger charge is 2.60. The van der Waals surface area contributed by atoms with Crippen LogP contribution in [0.4, 0.5) is 0 Å². The zero-order valence-corrected chi connectivity index (χ0v) is 15.7. The third-order valence-corrected chi connectivity index (χ3v) is 8.30. The number of allylic oxidation sites excluding steroid dienone is 2. The van der Waals surface area contributed by atoms with Gasteiger partial charge in [0.15, 0.2) is 0 Å². The molecule has 0 aromatic carbocycles. The van der Waals surface area contributed by atoms with Gasteiger partial charge in [-0.2, -0.15) is 0 Å². The molecule has 3 heteroatoms. The quantitative estimate of drug-likeness (QED) is 0.549. The number of rotatable bonds is 2. The molecule has 3 nitrogen and oxygen atoms in total. The van der Waals surface area contributed by atoms with E-state index in [1.807, 2.05) is 0 Å². The molecule has 2 saturated carbocycles. The van der Waals surface area contributed by atoms with Crippen LogP contribution in [-0.4, -0.2) is 18.4 Å². The van der Waals surface area contributed by atoms with E-state index in [2.05, 4.69) is 32.1 Å². The first-order valence-electron chi connectivity index (χ1n) is 9.91. The second-order valence-electron chi connectivity index (χ2n) is 9.16. The van der Waals surface area contributed by atoms with E-state index in [0.29, 0.717) is 17.8 Å². The van der Waals surface area contributed by atoms with E-state index in [9.17, 15) is 9.59 Å². The number of aldehydes is 1. The van der Waals surface area contributed by atoms with Gasteiger partial charge < -0.3 is 9.53 Å². The van der Waals surface area contributed by atoms with Crippen molar-refractivity contribution in [3.05, 3.63) is 23.8 Å². The van der Waals surface area contributed by atoms with Gasteiger partial charge in [-0.25, -0.2) is 0 Å². The van der Waals surface area contributed by atoms with Crippen molar-refractivity contribution in [3.63, 3.8) is 0 Å².